The molecule has 4 rings (SSSR count). The Balaban J connectivity index is 1.40. The van der Waals surface area contributed by atoms with Crippen LogP contribution in [0.4, 0.5) is 10.3 Å². The van der Waals surface area contributed by atoms with Crippen LogP contribution in [-0.4, -0.2) is 64.8 Å². The molecular weight excluding hydrogens is 569 g/mol. The minimum Gasteiger partial charge on any atom is -0.463 e. The highest BCUT2D eigenvalue weighted by molar-refractivity contribution is 8.00. The minimum atomic E-state index is -0.266. The molecule has 0 aliphatic rings. The maximum absolute atomic E-state index is 12.5. The first-order chi connectivity index (χ1) is 18.3. The van der Waals surface area contributed by atoms with Gasteiger partial charge in [-0.05, 0) is 12.1 Å². The van der Waals surface area contributed by atoms with E-state index in [1.54, 1.807) is 12.1 Å². The van der Waals surface area contributed by atoms with Crippen LogP contribution in [0.3, 0.4) is 0 Å². The number of nitrogens with zero attached hydrogens (tertiary/aromatic N) is 8. The van der Waals surface area contributed by atoms with E-state index in [1.165, 1.54) is 39.8 Å². The third kappa shape index (κ3) is 7.68. The summed E-state index contributed by atoms with van der Waals surface area (Å²) in [4.78, 5) is 25.0. The smallest absolute Gasteiger partial charge is 0.236 e. The lowest BCUT2D eigenvalue weighted by Gasteiger charge is -2.04. The molecule has 2 N–H and O–H groups in total. The molecule has 17 heteroatoms. The summed E-state index contributed by atoms with van der Waals surface area (Å²) in [5.74, 6) is 0.542. The molecule has 0 radical (unpaired) electrons. The molecule has 4 aromatic heterocycles. The third-order valence-electron chi connectivity index (χ3n) is 4.45. The second-order valence-corrected chi connectivity index (χ2v) is 12.1. The van der Waals surface area contributed by atoms with Gasteiger partial charge in [-0.3, -0.25) is 20.2 Å². The summed E-state index contributed by atoms with van der Waals surface area (Å²) in [6.45, 7) is 8.04. The topological polar surface area (TPSA) is 166 Å². The van der Waals surface area contributed by atoms with Crippen molar-refractivity contribution in [2.45, 2.75) is 49.8 Å². The third-order valence-corrected chi connectivity index (χ3v) is 8.57. The zero-order valence-corrected chi connectivity index (χ0v) is 24.1. The Morgan fingerprint density at radius 2 is 1.45 bits per heavy atom. The normalized spacial score (nSPS) is 11.6. The lowest BCUT2D eigenvalue weighted by molar-refractivity contribution is -0.114. The van der Waals surface area contributed by atoms with E-state index < -0.39 is 0 Å². The number of carbonyl (C=O) groups is 2. The fourth-order valence-corrected chi connectivity index (χ4v) is 5.57. The van der Waals surface area contributed by atoms with Crippen molar-refractivity contribution in [2.75, 3.05) is 22.1 Å². The monoisotopic (exact) mass is 592 g/mol. The van der Waals surface area contributed by atoms with Crippen LogP contribution in [0.5, 0.6) is 0 Å². The fourth-order valence-electron chi connectivity index (χ4n) is 2.62. The molecule has 13 nitrogen and oxygen atoms in total. The van der Waals surface area contributed by atoms with Crippen LogP contribution < -0.4 is 10.6 Å². The van der Waals surface area contributed by atoms with Crippen molar-refractivity contribution in [3.8, 4) is 0 Å². The van der Waals surface area contributed by atoms with Gasteiger partial charge in [0.2, 0.25) is 32.4 Å². The molecule has 0 unspecified atom stereocenters. The number of furan rings is 1. The minimum absolute atomic E-state index is 0.0470. The van der Waals surface area contributed by atoms with Gasteiger partial charge in [-0.25, -0.2) is 0 Å². The molecule has 0 aliphatic carbocycles. The summed E-state index contributed by atoms with van der Waals surface area (Å²) in [6, 6.07) is 3.49. The van der Waals surface area contributed by atoms with Crippen molar-refractivity contribution >= 4 is 74.5 Å². The Morgan fingerprint density at radius 3 is 1.87 bits per heavy atom. The van der Waals surface area contributed by atoms with E-state index in [2.05, 4.69) is 46.3 Å². The van der Waals surface area contributed by atoms with E-state index >= 15 is 0 Å². The van der Waals surface area contributed by atoms with Gasteiger partial charge in [0.15, 0.2) is 0 Å². The zero-order chi connectivity index (χ0) is 27.1. The van der Waals surface area contributed by atoms with Crippen molar-refractivity contribution in [3.05, 3.63) is 34.2 Å². The van der Waals surface area contributed by atoms with Crippen LogP contribution in [0.15, 0.2) is 38.2 Å². The standard InChI is InChI=1S/C21H24N10O3S4/c1-11(2)16-25-27-18(37-16)23-14(32)9-35-20-29-30-21(31(20)22-8-13-6-5-7-34-13)36-10-15(33)24-19-28-26-17(38-19)12(3)4/h5-8,11-12H,9-10H2,1-4H3,(H,23,27,32)(H,24,28,33)/b22-8+. The van der Waals surface area contributed by atoms with Crippen molar-refractivity contribution in [1.82, 2.24) is 35.3 Å². The number of rotatable bonds is 12. The zero-order valence-electron chi connectivity index (χ0n) is 20.8. The summed E-state index contributed by atoms with van der Waals surface area (Å²) in [5.41, 5.74) is 0. The maximum atomic E-state index is 12.5. The quantitative estimate of drug-likeness (QED) is 0.179. The first-order valence-corrected chi connectivity index (χ1v) is 14.9. The Morgan fingerprint density at radius 1 is 0.921 bits per heavy atom. The average Bonchev–Trinajstić information content (AvgIpc) is 3.68. The molecule has 0 atom stereocenters. The van der Waals surface area contributed by atoms with Crippen molar-refractivity contribution < 1.29 is 14.0 Å². The number of amides is 2. The molecule has 4 aromatic rings. The Bertz CT molecular complexity index is 1310. The number of nitrogens with one attached hydrogen (secondary N) is 2. The summed E-state index contributed by atoms with van der Waals surface area (Å²) in [5, 5.41) is 37.7. The van der Waals surface area contributed by atoms with E-state index in [4.69, 9.17) is 4.42 Å². The van der Waals surface area contributed by atoms with Crippen molar-refractivity contribution in [1.29, 1.82) is 0 Å². The summed E-state index contributed by atoms with van der Waals surface area (Å²) < 4.78 is 6.77. The molecule has 0 saturated heterocycles. The summed E-state index contributed by atoms with van der Waals surface area (Å²) in [7, 11) is 0. The molecule has 38 heavy (non-hydrogen) atoms. The number of aromatic nitrogens is 7. The molecule has 0 aromatic carbocycles. The number of hydrogen-bond donors (Lipinski definition) is 2. The van der Waals surface area contributed by atoms with E-state index in [9.17, 15) is 9.59 Å². The number of carbonyl (C=O) groups excluding carboxylic acids is 2. The van der Waals surface area contributed by atoms with Gasteiger partial charge in [0.05, 0.1) is 24.0 Å². The van der Waals surface area contributed by atoms with Crippen LogP contribution >= 0.6 is 46.2 Å². The van der Waals surface area contributed by atoms with Crippen LogP contribution in [0.2, 0.25) is 0 Å². The predicted octanol–water partition coefficient (Wildman–Crippen LogP) is 4.16. The van der Waals surface area contributed by atoms with E-state index in [1.807, 2.05) is 27.7 Å². The van der Waals surface area contributed by atoms with Gasteiger partial charge in [0.1, 0.15) is 15.8 Å². The van der Waals surface area contributed by atoms with Gasteiger partial charge in [-0.15, -0.1) is 30.6 Å². The van der Waals surface area contributed by atoms with E-state index in [-0.39, 0.29) is 35.2 Å². The average molecular weight is 593 g/mol. The molecule has 4 heterocycles. The predicted molar refractivity (Wildman–Crippen MR) is 148 cm³/mol. The number of thioether (sulfide) groups is 2. The summed E-state index contributed by atoms with van der Waals surface area (Å²) in [6.07, 6.45) is 3.03. The lowest BCUT2D eigenvalue weighted by Crippen LogP contribution is -2.15. The number of anilines is 2. The highest BCUT2D eigenvalue weighted by Gasteiger charge is 2.18. The fraction of sp³-hybridized carbons (Fsp3) is 0.381. The van der Waals surface area contributed by atoms with Gasteiger partial charge >= 0.3 is 0 Å². The van der Waals surface area contributed by atoms with Crippen LogP contribution in [0.1, 0.15) is 55.3 Å². The lowest BCUT2D eigenvalue weighted by atomic mass is 10.2. The molecule has 0 saturated carbocycles. The molecule has 0 fully saturated rings. The van der Waals surface area contributed by atoms with E-state index in [0.29, 0.717) is 26.3 Å². The van der Waals surface area contributed by atoms with Gasteiger partial charge in [-0.1, -0.05) is 73.9 Å². The van der Waals surface area contributed by atoms with Gasteiger partial charge in [0, 0.05) is 11.8 Å². The molecule has 2 amide bonds. The number of hydrogen-bond acceptors (Lipinski definition) is 14. The molecule has 200 valence electrons. The van der Waals surface area contributed by atoms with Gasteiger partial charge < -0.3 is 4.42 Å². The first kappa shape index (κ1) is 27.9. The highest BCUT2D eigenvalue weighted by Crippen LogP contribution is 2.26. The van der Waals surface area contributed by atoms with Crippen molar-refractivity contribution in [2.24, 2.45) is 5.10 Å². The van der Waals surface area contributed by atoms with Gasteiger partial charge in [-0.2, -0.15) is 9.78 Å². The van der Waals surface area contributed by atoms with Crippen molar-refractivity contribution in [3.63, 3.8) is 0 Å². The molecule has 0 aliphatic heterocycles. The van der Waals surface area contributed by atoms with Crippen LogP contribution in [0, 0.1) is 0 Å². The maximum Gasteiger partial charge on any atom is 0.236 e. The summed E-state index contributed by atoms with van der Waals surface area (Å²) >= 11 is 4.97. The largest absolute Gasteiger partial charge is 0.463 e. The molecular formula is C21H24N10O3S4. The second kappa shape index (κ2) is 13.1. The Kier molecular flexibility index (Phi) is 9.59. The SMILES string of the molecule is CC(C)c1nnc(NC(=O)CSc2nnc(SCC(=O)Nc3nnc(C(C)C)s3)n2/N=C/c2ccco2)s1. The Labute approximate surface area is 234 Å². The highest BCUT2D eigenvalue weighted by atomic mass is 32.2. The molecule has 0 spiro atoms. The first-order valence-electron chi connectivity index (χ1n) is 11.3. The second-order valence-electron chi connectivity index (χ2n) is 8.21. The Hall–Kier alpha value is -3.15. The van der Waals surface area contributed by atoms with Crippen LogP contribution in [-0.2, 0) is 9.59 Å². The van der Waals surface area contributed by atoms with Crippen LogP contribution in [0.25, 0.3) is 0 Å². The van der Waals surface area contributed by atoms with E-state index in [0.717, 1.165) is 33.5 Å². The molecule has 0 bridgehead atoms. The van der Waals surface area contributed by atoms with Gasteiger partial charge in [0.25, 0.3) is 0 Å².